The normalized spacial score (nSPS) is 26.2. The van der Waals surface area contributed by atoms with E-state index in [0.29, 0.717) is 11.8 Å². The fourth-order valence-electron chi connectivity index (χ4n) is 12.6. The van der Waals surface area contributed by atoms with Gasteiger partial charge in [-0.25, -0.2) is 0 Å². The van der Waals surface area contributed by atoms with Crippen molar-refractivity contribution >= 4 is 23.6 Å². The zero-order valence-electron chi connectivity index (χ0n) is 31.7. The molecule has 12 rings (SSSR count). The minimum atomic E-state index is -0.0683. The first-order chi connectivity index (χ1) is 27.2. The third-order valence-corrected chi connectivity index (χ3v) is 15.1. The van der Waals surface area contributed by atoms with Crippen molar-refractivity contribution in [1.29, 1.82) is 0 Å². The number of furan rings is 1. The number of benzene rings is 4. The van der Waals surface area contributed by atoms with Gasteiger partial charge in [-0.2, -0.15) is 0 Å². The first-order valence-corrected chi connectivity index (χ1v) is 21.4. The lowest BCUT2D eigenvalue weighted by atomic mass is 9.61. The van der Waals surface area contributed by atoms with Gasteiger partial charge in [0.15, 0.2) is 0 Å². The molecule has 2 N–H and O–H groups in total. The van der Waals surface area contributed by atoms with Crippen LogP contribution in [-0.2, 0) is 10.8 Å². The second-order valence-electron chi connectivity index (χ2n) is 17.7. The van der Waals surface area contributed by atoms with Crippen molar-refractivity contribution in [3.63, 3.8) is 0 Å². The molecule has 2 spiro atoms. The molecule has 4 aromatic carbocycles. The molecule has 0 bridgehead atoms. The minimum absolute atomic E-state index is 0.0484. The lowest BCUT2D eigenvalue weighted by molar-refractivity contribution is 0.232. The van der Waals surface area contributed by atoms with E-state index >= 15 is 0 Å². The summed E-state index contributed by atoms with van der Waals surface area (Å²) in [4.78, 5) is 0. The van der Waals surface area contributed by atoms with E-state index < -0.39 is 0 Å². The van der Waals surface area contributed by atoms with Crippen molar-refractivity contribution in [2.45, 2.75) is 106 Å². The molecule has 3 heteroatoms. The van der Waals surface area contributed by atoms with Crippen molar-refractivity contribution in [3.8, 4) is 11.1 Å². The highest BCUT2D eigenvalue weighted by molar-refractivity contribution is 5.93. The van der Waals surface area contributed by atoms with Gasteiger partial charge in [0.25, 0.3) is 0 Å². The number of anilines is 1. The fourth-order valence-corrected chi connectivity index (χ4v) is 12.6. The maximum atomic E-state index is 6.49. The Morgan fingerprint density at radius 3 is 2.22 bits per heavy atom. The second kappa shape index (κ2) is 12.3. The summed E-state index contributed by atoms with van der Waals surface area (Å²) in [5.74, 6) is 1.96. The van der Waals surface area contributed by atoms with E-state index in [1.54, 1.807) is 27.8 Å². The van der Waals surface area contributed by atoms with Gasteiger partial charge in [0, 0.05) is 27.5 Å². The summed E-state index contributed by atoms with van der Waals surface area (Å²) < 4.78 is 6.49. The Labute approximate surface area is 325 Å². The van der Waals surface area contributed by atoms with Crippen LogP contribution in [-0.4, -0.2) is 0 Å². The van der Waals surface area contributed by atoms with Crippen LogP contribution in [0.3, 0.4) is 0 Å². The average molecular weight is 719 g/mol. The van der Waals surface area contributed by atoms with Crippen molar-refractivity contribution in [3.05, 3.63) is 164 Å². The highest BCUT2D eigenvalue weighted by atomic mass is 16.3. The summed E-state index contributed by atoms with van der Waals surface area (Å²) in [6.45, 7) is 0. The molecule has 1 aromatic heterocycles. The molecule has 2 fully saturated rings. The predicted octanol–water partition coefficient (Wildman–Crippen LogP) is 11.3. The molecule has 0 saturated heterocycles. The molecule has 274 valence electrons. The quantitative estimate of drug-likeness (QED) is 0.195. The third kappa shape index (κ3) is 4.72. The van der Waals surface area contributed by atoms with Crippen LogP contribution in [0.4, 0.5) is 5.88 Å². The zero-order valence-corrected chi connectivity index (χ0v) is 31.7. The molecule has 7 aliphatic rings. The number of hydrogen-bond donors (Lipinski definition) is 2. The SMILES string of the molecule is C1=C2C(=CC3c4ccccc4C4(CCCCC4)C13)C1(CCCCC1)c1ccc(-c3ccc(C4Nc5oc6c(c5C(c5ccccc5)N4)=CCCC=6)cc3)cc12. The van der Waals surface area contributed by atoms with Gasteiger partial charge >= 0.3 is 0 Å². The molecule has 3 nitrogen and oxygen atoms in total. The van der Waals surface area contributed by atoms with Gasteiger partial charge in [-0.05, 0) is 112 Å². The molecule has 0 radical (unpaired) electrons. The molecule has 6 aliphatic carbocycles. The molecule has 1 aliphatic heterocycles. The summed E-state index contributed by atoms with van der Waals surface area (Å²) in [5, 5.41) is 8.95. The van der Waals surface area contributed by atoms with Gasteiger partial charge in [-0.3, -0.25) is 5.32 Å². The van der Waals surface area contributed by atoms with Gasteiger partial charge < -0.3 is 9.73 Å². The van der Waals surface area contributed by atoms with Crippen LogP contribution < -0.4 is 21.3 Å². The number of rotatable bonds is 3. The smallest absolute Gasteiger partial charge is 0.200 e. The highest BCUT2D eigenvalue weighted by Gasteiger charge is 2.55. The van der Waals surface area contributed by atoms with Crippen LogP contribution in [0.5, 0.6) is 0 Å². The van der Waals surface area contributed by atoms with E-state index in [4.69, 9.17) is 4.42 Å². The largest absolute Gasteiger partial charge is 0.441 e. The van der Waals surface area contributed by atoms with Gasteiger partial charge in [-0.15, -0.1) is 0 Å². The summed E-state index contributed by atoms with van der Waals surface area (Å²) in [6, 6.07) is 37.3. The zero-order chi connectivity index (χ0) is 36.1. The Morgan fingerprint density at radius 1 is 0.636 bits per heavy atom. The van der Waals surface area contributed by atoms with Crippen molar-refractivity contribution in [2.24, 2.45) is 5.92 Å². The van der Waals surface area contributed by atoms with Crippen molar-refractivity contribution in [2.75, 3.05) is 5.32 Å². The molecular weight excluding hydrogens is 669 g/mol. The lowest BCUT2D eigenvalue weighted by Gasteiger charge is -2.43. The molecule has 55 heavy (non-hydrogen) atoms. The van der Waals surface area contributed by atoms with Crippen molar-refractivity contribution in [1.82, 2.24) is 5.32 Å². The molecule has 5 aromatic rings. The van der Waals surface area contributed by atoms with Crippen LogP contribution in [0.15, 0.2) is 119 Å². The topological polar surface area (TPSA) is 37.2 Å². The Bertz CT molecular complexity index is 2520. The monoisotopic (exact) mass is 718 g/mol. The third-order valence-electron chi connectivity index (χ3n) is 15.1. The Balaban J connectivity index is 0.916. The van der Waals surface area contributed by atoms with E-state index in [2.05, 4.69) is 132 Å². The molecule has 2 heterocycles. The van der Waals surface area contributed by atoms with Crippen molar-refractivity contribution < 1.29 is 4.42 Å². The Kier molecular flexibility index (Phi) is 7.26. The highest BCUT2D eigenvalue weighted by Crippen LogP contribution is 2.65. The molecular formula is C52H50N2O. The van der Waals surface area contributed by atoms with Crippen LogP contribution in [0.25, 0.3) is 28.9 Å². The maximum absolute atomic E-state index is 6.49. The first-order valence-electron chi connectivity index (χ1n) is 21.4. The molecule has 4 unspecified atom stereocenters. The van der Waals surface area contributed by atoms with Gasteiger partial charge in [0.05, 0.1) is 6.04 Å². The number of allylic oxidation sites excluding steroid dienone is 4. The van der Waals surface area contributed by atoms with Crippen LogP contribution in [0.1, 0.15) is 134 Å². The van der Waals surface area contributed by atoms with Gasteiger partial charge in [0.2, 0.25) is 5.88 Å². The van der Waals surface area contributed by atoms with E-state index in [1.165, 1.54) is 103 Å². The number of hydrogen-bond acceptors (Lipinski definition) is 3. The van der Waals surface area contributed by atoms with Crippen LogP contribution >= 0.6 is 0 Å². The van der Waals surface area contributed by atoms with E-state index in [1.807, 2.05) is 0 Å². The lowest BCUT2D eigenvalue weighted by Crippen LogP contribution is -2.40. The predicted molar refractivity (Wildman–Crippen MR) is 224 cm³/mol. The minimum Gasteiger partial charge on any atom is -0.441 e. The molecule has 2 saturated carbocycles. The van der Waals surface area contributed by atoms with Crippen LogP contribution in [0, 0.1) is 5.92 Å². The molecule has 4 atom stereocenters. The van der Waals surface area contributed by atoms with E-state index in [9.17, 15) is 0 Å². The first kappa shape index (κ1) is 32.4. The standard InChI is InChI=1S/C52H50N2O/c1-4-14-34(15-5-1)48-47-38-17-7-9-19-46(38)55-50(47)54-49(53-48)35-22-20-33(21-23-35)36-24-25-43-39(30-36)41-32-44-40(31-45(41)52(43)28-12-3-13-29-52)37-16-6-8-18-42(37)51(44)26-10-2-11-27-51/h1,4-6,8,14-25,30-32,40,44,48-49,53-54H,2-3,7,9-13,26-29H2. The summed E-state index contributed by atoms with van der Waals surface area (Å²) in [5.41, 5.74) is 17.4. The summed E-state index contributed by atoms with van der Waals surface area (Å²) in [6.07, 6.45) is 25.6. The van der Waals surface area contributed by atoms with E-state index in [0.717, 1.165) is 24.1 Å². The summed E-state index contributed by atoms with van der Waals surface area (Å²) >= 11 is 0. The maximum Gasteiger partial charge on any atom is 0.200 e. The van der Waals surface area contributed by atoms with Gasteiger partial charge in [0.1, 0.15) is 11.6 Å². The second-order valence-corrected chi connectivity index (χ2v) is 17.7. The average Bonchev–Trinajstić information content (AvgIpc) is 3.85. The van der Waals surface area contributed by atoms with Crippen LogP contribution in [0.2, 0.25) is 0 Å². The number of nitrogens with one attached hydrogen (secondary N) is 2. The molecule has 0 amide bonds. The number of fused-ring (bicyclic) bond motifs is 13. The summed E-state index contributed by atoms with van der Waals surface area (Å²) in [7, 11) is 0. The van der Waals surface area contributed by atoms with Gasteiger partial charge in [-0.1, -0.05) is 148 Å². The fraction of sp³-hybridized carbons (Fsp3) is 0.346. The Hall–Kier alpha value is -4.86. The Morgan fingerprint density at radius 2 is 1.38 bits per heavy atom. The van der Waals surface area contributed by atoms with E-state index in [-0.39, 0.29) is 23.0 Å².